The summed E-state index contributed by atoms with van der Waals surface area (Å²) in [5.74, 6) is 0. The van der Waals surface area contributed by atoms with E-state index in [4.69, 9.17) is 0 Å². The van der Waals surface area contributed by atoms with E-state index >= 15 is 0 Å². The Bertz CT molecular complexity index is 177. The van der Waals surface area contributed by atoms with Gasteiger partial charge in [-0.2, -0.15) is 13.2 Å². The molecule has 2 nitrogen and oxygen atoms in total. The minimum atomic E-state index is -4.21. The summed E-state index contributed by atoms with van der Waals surface area (Å²) in [7, 11) is 0. The molecule has 0 heterocycles. The topological polar surface area (TPSA) is 21.3 Å². The van der Waals surface area contributed by atoms with Crippen LogP contribution < -0.4 is 5.32 Å². The van der Waals surface area contributed by atoms with Crippen LogP contribution in [0.2, 0.25) is 0 Å². The first-order chi connectivity index (χ1) is 7.58. The van der Waals surface area contributed by atoms with Crippen LogP contribution >= 0.6 is 0 Å². The maximum Gasteiger partial charge on any atom is 0.411 e. The highest BCUT2D eigenvalue weighted by Gasteiger charge is 2.27. The van der Waals surface area contributed by atoms with Crippen molar-refractivity contribution >= 4 is 0 Å². The van der Waals surface area contributed by atoms with E-state index in [9.17, 15) is 13.2 Å². The molecular weight excluding hydrogens is 219 g/mol. The molecule has 0 saturated heterocycles. The van der Waals surface area contributed by atoms with E-state index in [0.717, 1.165) is 12.8 Å². The molecule has 1 saturated carbocycles. The quantitative estimate of drug-likeness (QED) is 0.588. The maximum atomic E-state index is 11.7. The smallest absolute Gasteiger partial charge is 0.371 e. The lowest BCUT2D eigenvalue weighted by molar-refractivity contribution is -0.173. The van der Waals surface area contributed by atoms with Crippen LogP contribution in [0.4, 0.5) is 13.2 Å². The molecule has 0 amide bonds. The van der Waals surface area contributed by atoms with Crippen LogP contribution in [0.1, 0.15) is 38.5 Å². The van der Waals surface area contributed by atoms with Gasteiger partial charge in [-0.05, 0) is 12.8 Å². The molecule has 5 heteroatoms. The largest absolute Gasteiger partial charge is 0.411 e. The molecule has 96 valence electrons. The third-order valence-electron chi connectivity index (χ3n) is 2.80. The van der Waals surface area contributed by atoms with Crippen LogP contribution in [0, 0.1) is 0 Å². The van der Waals surface area contributed by atoms with Gasteiger partial charge in [0.15, 0.2) is 0 Å². The first kappa shape index (κ1) is 13.8. The molecule has 0 spiro atoms. The standard InChI is InChI=1S/C11H20F3NO/c12-11(13,14)9-16-8-7-15-10-5-3-1-2-4-6-10/h10,15H,1-9H2. The number of rotatable bonds is 5. The Balaban J connectivity index is 1.97. The van der Waals surface area contributed by atoms with E-state index < -0.39 is 12.8 Å². The summed E-state index contributed by atoms with van der Waals surface area (Å²) in [6.07, 6.45) is 3.08. The second-order valence-electron chi connectivity index (χ2n) is 4.31. The van der Waals surface area contributed by atoms with Crippen LogP contribution in [0.15, 0.2) is 0 Å². The van der Waals surface area contributed by atoms with Gasteiger partial charge in [0.05, 0.1) is 6.61 Å². The molecule has 1 N–H and O–H groups in total. The van der Waals surface area contributed by atoms with Crippen molar-refractivity contribution in [1.29, 1.82) is 0 Å². The Morgan fingerprint density at radius 2 is 1.69 bits per heavy atom. The summed E-state index contributed by atoms with van der Waals surface area (Å²) in [6, 6.07) is 0.469. The molecule has 1 rings (SSSR count). The lowest BCUT2D eigenvalue weighted by atomic mass is 10.1. The highest BCUT2D eigenvalue weighted by molar-refractivity contribution is 4.70. The number of halogens is 3. The molecular formula is C11H20F3NO. The van der Waals surface area contributed by atoms with Crippen LogP contribution in [-0.2, 0) is 4.74 Å². The van der Waals surface area contributed by atoms with E-state index in [2.05, 4.69) is 10.1 Å². The molecule has 1 aliphatic carbocycles. The van der Waals surface area contributed by atoms with Crippen molar-refractivity contribution in [3.8, 4) is 0 Å². The Labute approximate surface area is 94.5 Å². The molecule has 0 bridgehead atoms. The zero-order valence-electron chi connectivity index (χ0n) is 9.48. The normalized spacial score (nSPS) is 19.7. The summed E-state index contributed by atoms with van der Waals surface area (Å²) in [6.45, 7) is -0.490. The highest BCUT2D eigenvalue weighted by atomic mass is 19.4. The average Bonchev–Trinajstić information content (AvgIpc) is 2.44. The molecule has 16 heavy (non-hydrogen) atoms. The molecule has 0 aromatic heterocycles. The second kappa shape index (κ2) is 7.12. The fourth-order valence-electron chi connectivity index (χ4n) is 2.01. The van der Waals surface area contributed by atoms with Gasteiger partial charge in [0.25, 0.3) is 0 Å². The Morgan fingerprint density at radius 3 is 2.25 bits per heavy atom. The number of hydrogen-bond donors (Lipinski definition) is 1. The zero-order valence-corrected chi connectivity index (χ0v) is 9.48. The van der Waals surface area contributed by atoms with Crippen LogP contribution in [0.5, 0.6) is 0 Å². The third-order valence-corrected chi connectivity index (χ3v) is 2.80. The van der Waals surface area contributed by atoms with Crippen molar-refractivity contribution < 1.29 is 17.9 Å². The lowest BCUT2D eigenvalue weighted by Crippen LogP contribution is -2.32. The van der Waals surface area contributed by atoms with Gasteiger partial charge in [-0.3, -0.25) is 0 Å². The Kier molecular flexibility index (Phi) is 6.13. The predicted molar refractivity (Wildman–Crippen MR) is 56.4 cm³/mol. The second-order valence-corrected chi connectivity index (χ2v) is 4.31. The molecule has 1 aliphatic rings. The predicted octanol–water partition coefficient (Wildman–Crippen LogP) is 2.88. The third kappa shape index (κ3) is 7.06. The SMILES string of the molecule is FC(F)(F)COCCNC1CCCCCC1. The molecule has 0 aromatic rings. The molecule has 1 fully saturated rings. The maximum absolute atomic E-state index is 11.7. The van der Waals surface area contributed by atoms with Crippen molar-refractivity contribution in [3.05, 3.63) is 0 Å². The number of ether oxygens (including phenoxy) is 1. The number of alkyl halides is 3. The molecule has 0 atom stereocenters. The first-order valence-corrected chi connectivity index (χ1v) is 5.96. The van der Waals surface area contributed by atoms with Gasteiger partial charge in [0, 0.05) is 12.6 Å². The summed E-state index contributed by atoms with van der Waals surface area (Å²) >= 11 is 0. The van der Waals surface area contributed by atoms with E-state index in [1.807, 2.05) is 0 Å². The highest BCUT2D eigenvalue weighted by Crippen LogP contribution is 2.17. The Hall–Kier alpha value is -0.290. The minimum absolute atomic E-state index is 0.135. The summed E-state index contributed by atoms with van der Waals surface area (Å²) in [4.78, 5) is 0. The van der Waals surface area contributed by atoms with E-state index in [-0.39, 0.29) is 6.61 Å². The summed E-state index contributed by atoms with van der Waals surface area (Å²) in [5, 5.41) is 3.26. The van der Waals surface area contributed by atoms with Crippen molar-refractivity contribution in [3.63, 3.8) is 0 Å². The minimum Gasteiger partial charge on any atom is -0.371 e. The van der Waals surface area contributed by atoms with E-state index in [1.165, 1.54) is 25.7 Å². The van der Waals surface area contributed by atoms with Crippen molar-refractivity contribution in [2.75, 3.05) is 19.8 Å². The van der Waals surface area contributed by atoms with Gasteiger partial charge >= 0.3 is 6.18 Å². The van der Waals surface area contributed by atoms with Crippen LogP contribution in [0.25, 0.3) is 0 Å². The average molecular weight is 239 g/mol. The number of nitrogens with one attached hydrogen (secondary N) is 1. The molecule has 0 aromatic carbocycles. The van der Waals surface area contributed by atoms with Crippen LogP contribution in [0.3, 0.4) is 0 Å². The first-order valence-electron chi connectivity index (χ1n) is 5.96. The van der Waals surface area contributed by atoms with Crippen molar-refractivity contribution in [1.82, 2.24) is 5.32 Å². The number of hydrogen-bond acceptors (Lipinski definition) is 2. The van der Waals surface area contributed by atoms with Gasteiger partial charge in [-0.15, -0.1) is 0 Å². The van der Waals surface area contributed by atoms with Gasteiger partial charge in [-0.1, -0.05) is 25.7 Å². The van der Waals surface area contributed by atoms with Gasteiger partial charge in [0.1, 0.15) is 6.61 Å². The van der Waals surface area contributed by atoms with E-state index in [0.29, 0.717) is 12.6 Å². The summed E-state index contributed by atoms with van der Waals surface area (Å²) in [5.41, 5.74) is 0. The molecule has 0 unspecified atom stereocenters. The van der Waals surface area contributed by atoms with Gasteiger partial charge in [0.2, 0.25) is 0 Å². The Morgan fingerprint density at radius 1 is 1.06 bits per heavy atom. The van der Waals surface area contributed by atoms with Gasteiger partial charge in [-0.25, -0.2) is 0 Å². The van der Waals surface area contributed by atoms with Crippen molar-refractivity contribution in [2.45, 2.75) is 50.7 Å². The molecule has 0 radical (unpaired) electrons. The summed E-state index contributed by atoms with van der Waals surface area (Å²) < 4.78 is 39.8. The lowest BCUT2D eigenvalue weighted by Gasteiger charge is -2.16. The monoisotopic (exact) mass is 239 g/mol. The van der Waals surface area contributed by atoms with Crippen LogP contribution in [-0.4, -0.2) is 32.0 Å². The van der Waals surface area contributed by atoms with Gasteiger partial charge < -0.3 is 10.1 Å². The molecule has 0 aliphatic heterocycles. The van der Waals surface area contributed by atoms with Crippen molar-refractivity contribution in [2.24, 2.45) is 0 Å². The zero-order chi connectivity index (χ0) is 11.9. The fraction of sp³-hybridized carbons (Fsp3) is 1.00. The fourth-order valence-corrected chi connectivity index (χ4v) is 2.01. The van der Waals surface area contributed by atoms with E-state index in [1.54, 1.807) is 0 Å².